The summed E-state index contributed by atoms with van der Waals surface area (Å²) in [6, 6.07) is 13.8. The Balaban J connectivity index is 1.71. The number of nitrogens with zero attached hydrogens (tertiary/aromatic N) is 6. The quantitative estimate of drug-likeness (QED) is 0.504. The lowest BCUT2D eigenvalue weighted by molar-refractivity contribution is 0.797. The first kappa shape index (κ1) is 17.1. The third-order valence-corrected chi connectivity index (χ3v) is 5.71. The Hall–Kier alpha value is -3.03. The zero-order valence-corrected chi connectivity index (χ0v) is 16.5. The minimum atomic E-state index is 0.562. The summed E-state index contributed by atoms with van der Waals surface area (Å²) < 4.78 is 2.06. The first-order valence-corrected chi connectivity index (χ1v) is 9.98. The van der Waals surface area contributed by atoms with E-state index in [4.69, 9.17) is 16.7 Å². The number of anilines is 1. The van der Waals surface area contributed by atoms with Crippen LogP contribution in [-0.4, -0.2) is 25.5 Å². The van der Waals surface area contributed by atoms with Crippen LogP contribution < -0.4 is 5.01 Å². The smallest absolute Gasteiger partial charge is 0.253 e. The number of aromatic nitrogens is 4. The standard InChI is InChI=1S/C20H15ClN6S/c1-13-23-24-20-26(12-14-6-9-22-10-7-14)25-18(15-2-4-16(21)5-3-15)17-8-11-28-19(17)27(13)20/h2-11H,12H2,1H3. The van der Waals surface area contributed by atoms with Crippen LogP contribution in [0.1, 0.15) is 22.5 Å². The molecular weight excluding hydrogens is 392 g/mol. The Morgan fingerprint density at radius 2 is 1.79 bits per heavy atom. The van der Waals surface area contributed by atoms with Gasteiger partial charge in [0.2, 0.25) is 0 Å². The van der Waals surface area contributed by atoms with Gasteiger partial charge in [0.25, 0.3) is 5.95 Å². The second-order valence-corrected chi connectivity index (χ2v) is 7.72. The van der Waals surface area contributed by atoms with Crippen molar-refractivity contribution in [3.8, 4) is 5.00 Å². The van der Waals surface area contributed by atoms with Gasteiger partial charge in [0.05, 0.1) is 6.54 Å². The second kappa shape index (κ2) is 6.85. The molecule has 0 radical (unpaired) electrons. The van der Waals surface area contributed by atoms with Crippen LogP contribution in [0.3, 0.4) is 0 Å². The number of hydrogen-bond donors (Lipinski definition) is 0. The largest absolute Gasteiger partial charge is 0.265 e. The molecule has 1 aliphatic heterocycles. The van der Waals surface area contributed by atoms with E-state index < -0.39 is 0 Å². The molecule has 0 amide bonds. The molecule has 0 N–H and O–H groups in total. The van der Waals surface area contributed by atoms with Gasteiger partial charge in [-0.25, -0.2) is 5.01 Å². The van der Waals surface area contributed by atoms with Crippen LogP contribution in [0.15, 0.2) is 65.3 Å². The maximum Gasteiger partial charge on any atom is 0.253 e. The van der Waals surface area contributed by atoms with E-state index in [-0.39, 0.29) is 0 Å². The van der Waals surface area contributed by atoms with E-state index in [1.165, 1.54) is 0 Å². The number of aryl methyl sites for hydroxylation is 1. The molecule has 0 bridgehead atoms. The molecule has 5 rings (SSSR count). The Labute approximate surface area is 170 Å². The van der Waals surface area contributed by atoms with Crippen molar-refractivity contribution < 1.29 is 0 Å². The van der Waals surface area contributed by atoms with E-state index in [2.05, 4.69) is 31.2 Å². The number of hydrogen-bond acceptors (Lipinski definition) is 6. The summed E-state index contributed by atoms with van der Waals surface area (Å²) in [7, 11) is 0. The molecule has 1 aromatic carbocycles. The van der Waals surface area contributed by atoms with Crippen LogP contribution in [0.4, 0.5) is 5.95 Å². The van der Waals surface area contributed by atoms with Crippen molar-refractivity contribution >= 4 is 34.6 Å². The van der Waals surface area contributed by atoms with E-state index in [1.807, 2.05) is 48.3 Å². The van der Waals surface area contributed by atoms with E-state index in [1.54, 1.807) is 23.7 Å². The Morgan fingerprint density at radius 3 is 2.57 bits per heavy atom. The molecular formula is C20H15ClN6S. The third kappa shape index (κ3) is 2.89. The highest BCUT2D eigenvalue weighted by molar-refractivity contribution is 7.13. The van der Waals surface area contributed by atoms with Crippen molar-refractivity contribution in [3.05, 3.63) is 87.8 Å². The fraction of sp³-hybridized carbons (Fsp3) is 0.100. The molecule has 0 aliphatic carbocycles. The zero-order valence-electron chi connectivity index (χ0n) is 15.0. The van der Waals surface area contributed by atoms with E-state index >= 15 is 0 Å². The van der Waals surface area contributed by atoms with Crippen molar-refractivity contribution in [2.75, 3.05) is 5.01 Å². The van der Waals surface area contributed by atoms with Gasteiger partial charge in [0.15, 0.2) is 0 Å². The molecule has 8 heteroatoms. The van der Waals surface area contributed by atoms with Crippen molar-refractivity contribution in [1.82, 2.24) is 19.7 Å². The number of pyridine rings is 1. The highest BCUT2D eigenvalue weighted by Crippen LogP contribution is 2.33. The summed E-state index contributed by atoms with van der Waals surface area (Å²) in [5.41, 5.74) is 4.02. The lowest BCUT2D eigenvalue weighted by Gasteiger charge is -2.17. The average Bonchev–Trinajstić information content (AvgIpc) is 3.30. The van der Waals surface area contributed by atoms with Gasteiger partial charge in [-0.2, -0.15) is 5.10 Å². The molecule has 0 atom stereocenters. The summed E-state index contributed by atoms with van der Waals surface area (Å²) in [6.45, 7) is 2.52. The van der Waals surface area contributed by atoms with Gasteiger partial charge in [-0.1, -0.05) is 23.7 Å². The first-order valence-electron chi connectivity index (χ1n) is 8.72. The molecule has 28 heavy (non-hydrogen) atoms. The number of rotatable bonds is 3. The van der Waals surface area contributed by atoms with Gasteiger partial charge < -0.3 is 0 Å². The van der Waals surface area contributed by atoms with Gasteiger partial charge in [-0.3, -0.25) is 9.55 Å². The molecule has 0 saturated carbocycles. The minimum Gasteiger partial charge on any atom is -0.265 e. The predicted octanol–water partition coefficient (Wildman–Crippen LogP) is 4.46. The third-order valence-electron chi connectivity index (χ3n) is 4.56. The molecule has 0 unspecified atom stereocenters. The molecule has 3 aromatic heterocycles. The van der Waals surface area contributed by atoms with Crippen LogP contribution in [0.25, 0.3) is 5.00 Å². The summed E-state index contributed by atoms with van der Waals surface area (Å²) in [4.78, 5) is 4.10. The van der Waals surface area contributed by atoms with Gasteiger partial charge in [0.1, 0.15) is 16.5 Å². The highest BCUT2D eigenvalue weighted by Gasteiger charge is 2.27. The van der Waals surface area contributed by atoms with E-state index in [9.17, 15) is 0 Å². The molecule has 4 heterocycles. The number of thiophene rings is 1. The highest BCUT2D eigenvalue weighted by atomic mass is 35.5. The molecule has 138 valence electrons. The molecule has 0 fully saturated rings. The lowest BCUT2D eigenvalue weighted by Crippen LogP contribution is -2.20. The fourth-order valence-corrected chi connectivity index (χ4v) is 4.29. The summed E-state index contributed by atoms with van der Waals surface area (Å²) in [6.07, 6.45) is 3.56. The Bertz CT molecular complexity index is 1160. The summed E-state index contributed by atoms with van der Waals surface area (Å²) >= 11 is 7.75. The van der Waals surface area contributed by atoms with Crippen LogP contribution in [-0.2, 0) is 6.54 Å². The summed E-state index contributed by atoms with van der Waals surface area (Å²) in [5.74, 6) is 1.52. The monoisotopic (exact) mass is 406 g/mol. The van der Waals surface area contributed by atoms with Gasteiger partial charge in [-0.15, -0.1) is 21.5 Å². The van der Waals surface area contributed by atoms with Crippen LogP contribution in [0.2, 0.25) is 5.02 Å². The zero-order chi connectivity index (χ0) is 19.1. The topological polar surface area (TPSA) is 59.2 Å². The van der Waals surface area contributed by atoms with Crippen LogP contribution in [0, 0.1) is 6.92 Å². The Kier molecular flexibility index (Phi) is 4.18. The Morgan fingerprint density at radius 1 is 1.00 bits per heavy atom. The maximum atomic E-state index is 6.10. The SMILES string of the molecule is Cc1nnc2n1-c1sccc1C(c1ccc(Cl)cc1)=NN2Cc1ccncc1. The molecule has 4 aromatic rings. The average molecular weight is 407 g/mol. The number of benzene rings is 1. The van der Waals surface area contributed by atoms with Gasteiger partial charge in [0, 0.05) is 28.5 Å². The number of fused-ring (bicyclic) bond motifs is 3. The fourth-order valence-electron chi connectivity index (χ4n) is 3.22. The summed E-state index contributed by atoms with van der Waals surface area (Å²) in [5, 5.41) is 19.4. The molecule has 6 nitrogen and oxygen atoms in total. The predicted molar refractivity (Wildman–Crippen MR) is 111 cm³/mol. The number of halogens is 1. The maximum absolute atomic E-state index is 6.10. The number of hydrazone groups is 1. The van der Waals surface area contributed by atoms with Crippen LogP contribution >= 0.6 is 22.9 Å². The molecule has 0 spiro atoms. The van der Waals surface area contributed by atoms with Crippen molar-refractivity contribution in [1.29, 1.82) is 0 Å². The first-order chi connectivity index (χ1) is 13.7. The van der Waals surface area contributed by atoms with Gasteiger partial charge >= 0.3 is 0 Å². The molecule has 0 saturated heterocycles. The molecule has 1 aliphatic rings. The van der Waals surface area contributed by atoms with Crippen LogP contribution in [0.5, 0.6) is 0 Å². The van der Waals surface area contributed by atoms with E-state index in [0.29, 0.717) is 17.5 Å². The minimum absolute atomic E-state index is 0.562. The normalized spacial score (nSPS) is 12.9. The second-order valence-electron chi connectivity index (χ2n) is 6.39. The van der Waals surface area contributed by atoms with Crippen molar-refractivity contribution in [2.45, 2.75) is 13.5 Å². The van der Waals surface area contributed by atoms with E-state index in [0.717, 1.165) is 33.2 Å². The van der Waals surface area contributed by atoms with Gasteiger partial charge in [-0.05, 0) is 48.2 Å². The van der Waals surface area contributed by atoms with Crippen molar-refractivity contribution in [2.24, 2.45) is 5.10 Å². The van der Waals surface area contributed by atoms with Crippen molar-refractivity contribution in [3.63, 3.8) is 0 Å². The lowest BCUT2D eigenvalue weighted by atomic mass is 10.0.